The summed E-state index contributed by atoms with van der Waals surface area (Å²) in [6.45, 7) is 4.34. The average molecular weight is 440 g/mol. The van der Waals surface area contributed by atoms with Crippen LogP contribution in [0.4, 0.5) is 4.39 Å². The van der Waals surface area contributed by atoms with E-state index in [4.69, 9.17) is 9.47 Å². The molecular weight excluding hydrogens is 410 g/mol. The van der Waals surface area contributed by atoms with Crippen LogP contribution < -0.4 is 11.2 Å². The number of nitrogens with zero attached hydrogens (tertiary/aromatic N) is 2. The molecule has 1 aromatic carbocycles. The van der Waals surface area contributed by atoms with Gasteiger partial charge in [0.15, 0.2) is 0 Å². The molecule has 7 nitrogen and oxygen atoms in total. The zero-order valence-electron chi connectivity index (χ0n) is 17.8. The second-order valence-electron chi connectivity index (χ2n) is 7.21. The third kappa shape index (κ3) is 6.49. The number of aromatic nitrogens is 2. The number of hydrogen-bond acceptors (Lipinski definition) is 5. The Morgan fingerprint density at radius 3 is 2.40 bits per heavy atom. The van der Waals surface area contributed by atoms with Crippen molar-refractivity contribution in [1.82, 2.24) is 9.13 Å². The molecule has 166 valence electrons. The summed E-state index contributed by atoms with van der Waals surface area (Å²) in [5, 5.41) is 0. The van der Waals surface area contributed by atoms with Crippen molar-refractivity contribution in [2.45, 2.75) is 46.8 Å². The summed E-state index contributed by atoms with van der Waals surface area (Å²) < 4.78 is 39.3. The molecule has 0 unspecified atom stereocenters. The minimum absolute atomic E-state index is 0.0256. The van der Waals surface area contributed by atoms with Gasteiger partial charge in [-0.05, 0) is 12.5 Å². The van der Waals surface area contributed by atoms with Gasteiger partial charge in [0.2, 0.25) is 0 Å². The summed E-state index contributed by atoms with van der Waals surface area (Å²) in [5.74, 6) is 0. The van der Waals surface area contributed by atoms with Gasteiger partial charge in [-0.3, -0.25) is 9.36 Å². The van der Waals surface area contributed by atoms with E-state index in [1.807, 2.05) is 44.2 Å². The molecule has 1 aromatic heterocycles. The molecule has 0 saturated heterocycles. The maximum absolute atomic E-state index is 13.5. The number of rotatable bonds is 12. The van der Waals surface area contributed by atoms with Gasteiger partial charge in [0.25, 0.3) is 5.56 Å². The first-order chi connectivity index (χ1) is 14.3. The van der Waals surface area contributed by atoms with Gasteiger partial charge in [0, 0.05) is 24.1 Å². The van der Waals surface area contributed by atoms with E-state index in [1.165, 1.54) is 10.8 Å². The summed E-state index contributed by atoms with van der Waals surface area (Å²) in [6.07, 6.45) is 1.40. The summed E-state index contributed by atoms with van der Waals surface area (Å²) in [6, 6.07) is 9.39. The monoisotopic (exact) mass is 440 g/mol. The Kier molecular flexibility index (Phi) is 9.21. The van der Waals surface area contributed by atoms with E-state index >= 15 is 0 Å². The molecule has 0 fully saturated rings. The number of alkyl halides is 1. The number of benzene rings is 1. The van der Waals surface area contributed by atoms with E-state index in [2.05, 4.69) is 0 Å². The first-order valence-corrected chi connectivity index (χ1v) is 12.3. The summed E-state index contributed by atoms with van der Waals surface area (Å²) >= 11 is 0. The highest BCUT2D eigenvalue weighted by Crippen LogP contribution is 2.44. The third-order valence-electron chi connectivity index (χ3n) is 5.01. The van der Waals surface area contributed by atoms with E-state index in [-0.39, 0.29) is 26.2 Å². The molecule has 1 atom stereocenters. The van der Waals surface area contributed by atoms with Crippen molar-refractivity contribution < 1.29 is 18.4 Å². The Labute approximate surface area is 175 Å². The normalized spacial score (nSPS) is 12.8. The van der Waals surface area contributed by atoms with Crippen LogP contribution in [0, 0.1) is 6.92 Å². The topological polar surface area (TPSA) is 79.5 Å². The Bertz CT molecular complexity index is 966. The van der Waals surface area contributed by atoms with E-state index in [1.54, 1.807) is 6.92 Å². The van der Waals surface area contributed by atoms with Crippen molar-refractivity contribution in [1.29, 1.82) is 0 Å². The largest absolute Gasteiger partial charge is 0.366 e. The number of ether oxygens (including phenoxy) is 2. The van der Waals surface area contributed by atoms with Crippen LogP contribution in [0.5, 0.6) is 0 Å². The van der Waals surface area contributed by atoms with Crippen molar-refractivity contribution in [3.05, 3.63) is 68.5 Å². The number of halogens is 1. The van der Waals surface area contributed by atoms with Gasteiger partial charge >= 0.3 is 5.69 Å². The molecule has 0 saturated carbocycles. The second-order valence-corrected chi connectivity index (χ2v) is 10.8. The predicted molar refractivity (Wildman–Crippen MR) is 115 cm³/mol. The minimum Gasteiger partial charge on any atom is -0.366 e. The molecule has 0 radical (unpaired) electrons. The molecule has 0 spiro atoms. The van der Waals surface area contributed by atoms with Crippen molar-refractivity contribution in [3.8, 4) is 0 Å². The van der Waals surface area contributed by atoms with E-state index < -0.39 is 31.2 Å². The first-order valence-electron chi connectivity index (χ1n) is 10.0. The van der Waals surface area contributed by atoms with Crippen molar-refractivity contribution in [2.75, 3.05) is 25.3 Å². The molecule has 0 N–H and O–H groups in total. The average Bonchev–Trinajstić information content (AvgIpc) is 2.77. The molecule has 30 heavy (non-hydrogen) atoms. The van der Waals surface area contributed by atoms with Gasteiger partial charge in [-0.15, -0.1) is 0 Å². The molecular formula is C21H30FN2O5P. The molecule has 9 heteroatoms. The molecule has 2 rings (SSSR count). The van der Waals surface area contributed by atoms with Gasteiger partial charge < -0.3 is 14.0 Å². The highest BCUT2D eigenvalue weighted by atomic mass is 31.2. The maximum atomic E-state index is 13.5. The zero-order valence-corrected chi connectivity index (χ0v) is 18.6. The standard InChI is InChI=1S/C21H30FN2O5P/c1-4-30(27,5-2)16-29-19(11-22)13-23-12-17(3)20(25)24(21(23)26)15-28-14-18-9-7-6-8-10-18/h6-10,12,19H,4-5,11,13-16H2,1-3H3/t19-/m1/s1. The SMILES string of the molecule is CCP(=O)(CC)CO[C@H](CF)Cn1cc(C)c(=O)n(COCc2ccccc2)c1=O. The van der Waals surface area contributed by atoms with Gasteiger partial charge in [0.1, 0.15) is 33.0 Å². The summed E-state index contributed by atoms with van der Waals surface area (Å²) in [7, 11) is -2.49. The van der Waals surface area contributed by atoms with Crippen LogP contribution in [-0.2, 0) is 33.9 Å². The zero-order chi connectivity index (χ0) is 22.1. The highest BCUT2D eigenvalue weighted by molar-refractivity contribution is 7.63. The highest BCUT2D eigenvalue weighted by Gasteiger charge is 2.21. The van der Waals surface area contributed by atoms with Crippen LogP contribution in [0.2, 0.25) is 0 Å². The Morgan fingerprint density at radius 2 is 1.80 bits per heavy atom. The van der Waals surface area contributed by atoms with Gasteiger partial charge in [-0.1, -0.05) is 44.2 Å². The quantitative estimate of drug-likeness (QED) is 0.474. The van der Waals surface area contributed by atoms with Crippen molar-refractivity contribution >= 4 is 7.14 Å². The molecule has 1 heterocycles. The lowest BCUT2D eigenvalue weighted by Gasteiger charge is -2.21. The third-order valence-corrected chi connectivity index (χ3v) is 7.94. The molecule has 0 aliphatic rings. The first kappa shape index (κ1) is 24.3. The fourth-order valence-corrected chi connectivity index (χ4v) is 4.18. The van der Waals surface area contributed by atoms with Crippen LogP contribution >= 0.6 is 7.14 Å². The molecule has 2 aromatic rings. The Hall–Kier alpha value is -2.02. The maximum Gasteiger partial charge on any atom is 0.333 e. The van der Waals surface area contributed by atoms with E-state index in [0.29, 0.717) is 17.9 Å². The van der Waals surface area contributed by atoms with Crippen LogP contribution in [-0.4, -0.2) is 40.6 Å². The van der Waals surface area contributed by atoms with Crippen LogP contribution in [0.1, 0.15) is 25.0 Å². The minimum atomic E-state index is -2.49. The van der Waals surface area contributed by atoms with Crippen molar-refractivity contribution in [2.24, 2.45) is 0 Å². The smallest absolute Gasteiger partial charge is 0.333 e. The predicted octanol–water partition coefficient (Wildman–Crippen LogP) is 3.21. The Balaban J connectivity index is 2.13. The second kappa shape index (κ2) is 11.4. The van der Waals surface area contributed by atoms with E-state index in [9.17, 15) is 18.5 Å². The van der Waals surface area contributed by atoms with Crippen LogP contribution in [0.15, 0.2) is 46.1 Å². The molecule has 0 aliphatic carbocycles. The van der Waals surface area contributed by atoms with Crippen molar-refractivity contribution in [3.63, 3.8) is 0 Å². The lowest BCUT2D eigenvalue weighted by Crippen LogP contribution is -2.43. The van der Waals surface area contributed by atoms with E-state index in [0.717, 1.165) is 10.1 Å². The van der Waals surface area contributed by atoms with Gasteiger partial charge in [0.05, 0.1) is 13.2 Å². The fraction of sp³-hybridized carbons (Fsp3) is 0.524. The van der Waals surface area contributed by atoms with Gasteiger partial charge in [-0.2, -0.15) is 0 Å². The number of hydrogen-bond donors (Lipinski definition) is 0. The molecule has 0 aliphatic heterocycles. The van der Waals surface area contributed by atoms with Crippen LogP contribution in [0.3, 0.4) is 0 Å². The lowest BCUT2D eigenvalue weighted by atomic mass is 10.2. The fourth-order valence-electron chi connectivity index (χ4n) is 2.89. The van der Waals surface area contributed by atoms with Crippen LogP contribution in [0.25, 0.3) is 0 Å². The summed E-state index contributed by atoms with van der Waals surface area (Å²) in [5.41, 5.74) is 0.197. The summed E-state index contributed by atoms with van der Waals surface area (Å²) in [4.78, 5) is 25.2. The molecule has 0 bridgehead atoms. The van der Waals surface area contributed by atoms with Gasteiger partial charge in [-0.25, -0.2) is 13.8 Å². The number of aryl methyl sites for hydroxylation is 1. The Morgan fingerprint density at radius 1 is 1.13 bits per heavy atom. The lowest BCUT2D eigenvalue weighted by molar-refractivity contribution is 0.0443. The molecule has 0 amide bonds.